The standard InChI is InChI=1S/C72H114O6/c1-4-7-10-13-16-19-22-25-28-30-32-33-34-35-36-37-38-39-41-42-44-47-50-53-56-59-62-65-71(74)77-68-69(67-76-70(73)64-61-58-55-52-49-46-27-24-21-18-15-12-9-6-3)78-72(75)66-63-60-57-54-51-48-45-43-40-31-29-26-23-20-17-14-11-8-5-2/h7-8,10-11,16-17,19-20,24-29,32-33,35-36,38-40,43,48,51,57,60,69H,4-6,9,12-15,18,21-23,30-31,34,37,41-42,44-47,49-50,52-56,58-59,61-68H2,1-3H3/b10-7-,11-8-,19-16-,20-17-,27-24-,28-25-,29-26-,33-32-,36-35-,39-38-,43-40-,51-48-,60-57-. The van der Waals surface area contributed by atoms with E-state index in [9.17, 15) is 14.4 Å². The summed E-state index contributed by atoms with van der Waals surface area (Å²) in [5.41, 5.74) is 0. The largest absolute Gasteiger partial charge is 0.462 e. The van der Waals surface area contributed by atoms with Gasteiger partial charge in [-0.25, -0.2) is 0 Å². The molecule has 0 aromatic carbocycles. The van der Waals surface area contributed by atoms with E-state index in [0.29, 0.717) is 19.3 Å². The minimum Gasteiger partial charge on any atom is -0.462 e. The Kier molecular flexibility index (Phi) is 60.4. The Balaban J connectivity index is 4.48. The van der Waals surface area contributed by atoms with E-state index in [-0.39, 0.29) is 31.6 Å². The van der Waals surface area contributed by atoms with E-state index in [1.165, 1.54) is 77.0 Å². The molecule has 0 heterocycles. The summed E-state index contributed by atoms with van der Waals surface area (Å²) in [5.74, 6) is -1.03. The van der Waals surface area contributed by atoms with Gasteiger partial charge in [-0.2, -0.15) is 0 Å². The van der Waals surface area contributed by atoms with Crippen LogP contribution in [0.2, 0.25) is 0 Å². The molecule has 0 radical (unpaired) electrons. The number of unbranched alkanes of at least 4 members (excludes halogenated alkanes) is 18. The maximum absolute atomic E-state index is 12.9. The van der Waals surface area contributed by atoms with Crippen LogP contribution in [0.3, 0.4) is 0 Å². The molecule has 0 N–H and O–H groups in total. The topological polar surface area (TPSA) is 78.9 Å². The van der Waals surface area contributed by atoms with Gasteiger partial charge < -0.3 is 14.2 Å². The molecular weight excluding hydrogens is 961 g/mol. The minimum atomic E-state index is -0.834. The van der Waals surface area contributed by atoms with Gasteiger partial charge in [0.25, 0.3) is 0 Å². The monoisotopic (exact) mass is 1070 g/mol. The lowest BCUT2D eigenvalue weighted by Gasteiger charge is -2.18. The molecule has 0 aromatic rings. The van der Waals surface area contributed by atoms with E-state index in [4.69, 9.17) is 14.2 Å². The van der Waals surface area contributed by atoms with Crippen molar-refractivity contribution in [2.75, 3.05) is 13.2 Å². The number of ether oxygens (including phenoxy) is 3. The molecule has 0 bridgehead atoms. The van der Waals surface area contributed by atoms with Crippen molar-refractivity contribution < 1.29 is 28.6 Å². The van der Waals surface area contributed by atoms with Gasteiger partial charge in [-0.1, -0.05) is 262 Å². The quantitative estimate of drug-likeness (QED) is 0.0261. The number of carbonyl (C=O) groups is 3. The maximum atomic E-state index is 12.9. The highest BCUT2D eigenvalue weighted by atomic mass is 16.6. The Hall–Kier alpha value is -4.97. The van der Waals surface area contributed by atoms with Gasteiger partial charge in [0.1, 0.15) is 13.2 Å². The summed E-state index contributed by atoms with van der Waals surface area (Å²) < 4.78 is 16.8. The van der Waals surface area contributed by atoms with E-state index in [1.807, 2.05) is 12.2 Å². The molecule has 0 saturated carbocycles. The zero-order valence-electron chi connectivity index (χ0n) is 50.1. The molecule has 78 heavy (non-hydrogen) atoms. The summed E-state index contributed by atoms with van der Waals surface area (Å²) in [6, 6.07) is 0. The molecule has 1 unspecified atom stereocenters. The third-order valence-corrected chi connectivity index (χ3v) is 12.8. The van der Waals surface area contributed by atoms with Crippen LogP contribution >= 0.6 is 0 Å². The average molecular weight is 1080 g/mol. The number of rotatable bonds is 55. The highest BCUT2D eigenvalue weighted by Crippen LogP contribution is 2.14. The molecule has 0 rings (SSSR count). The van der Waals surface area contributed by atoms with Gasteiger partial charge >= 0.3 is 17.9 Å². The molecule has 0 saturated heterocycles. The summed E-state index contributed by atoms with van der Waals surface area (Å²) in [4.78, 5) is 38.3. The second kappa shape index (κ2) is 64.6. The molecule has 0 aliphatic carbocycles. The van der Waals surface area contributed by atoms with Crippen LogP contribution in [0.4, 0.5) is 0 Å². The molecule has 6 nitrogen and oxygen atoms in total. The molecule has 0 aliphatic heterocycles. The Morgan fingerprint density at radius 3 is 0.846 bits per heavy atom. The summed E-state index contributed by atoms with van der Waals surface area (Å²) in [5, 5.41) is 0. The molecule has 438 valence electrons. The Morgan fingerprint density at radius 2 is 0.526 bits per heavy atom. The number of carbonyl (C=O) groups excluding carboxylic acids is 3. The lowest BCUT2D eigenvalue weighted by atomic mass is 10.1. The fourth-order valence-electron chi connectivity index (χ4n) is 8.11. The van der Waals surface area contributed by atoms with E-state index < -0.39 is 12.1 Å². The summed E-state index contributed by atoms with van der Waals surface area (Å²) >= 11 is 0. The van der Waals surface area contributed by atoms with Gasteiger partial charge in [-0.05, 0) is 135 Å². The molecular formula is C72H114O6. The Morgan fingerprint density at radius 1 is 0.269 bits per heavy atom. The Labute approximate surface area is 480 Å². The minimum absolute atomic E-state index is 0.121. The van der Waals surface area contributed by atoms with Crippen LogP contribution in [0.1, 0.15) is 258 Å². The predicted molar refractivity (Wildman–Crippen MR) is 338 cm³/mol. The van der Waals surface area contributed by atoms with Crippen LogP contribution < -0.4 is 0 Å². The number of hydrogen-bond donors (Lipinski definition) is 0. The van der Waals surface area contributed by atoms with Crippen molar-refractivity contribution in [3.05, 3.63) is 158 Å². The van der Waals surface area contributed by atoms with Gasteiger partial charge in [0, 0.05) is 19.3 Å². The highest BCUT2D eigenvalue weighted by molar-refractivity contribution is 5.71. The van der Waals surface area contributed by atoms with Gasteiger partial charge in [0.15, 0.2) is 6.10 Å². The van der Waals surface area contributed by atoms with E-state index in [1.54, 1.807) is 0 Å². The van der Waals surface area contributed by atoms with Crippen molar-refractivity contribution in [1.29, 1.82) is 0 Å². The van der Waals surface area contributed by atoms with Crippen molar-refractivity contribution in [2.24, 2.45) is 0 Å². The molecule has 0 spiro atoms. The van der Waals surface area contributed by atoms with Crippen molar-refractivity contribution in [3.63, 3.8) is 0 Å². The second-order valence-electron chi connectivity index (χ2n) is 20.2. The van der Waals surface area contributed by atoms with Crippen molar-refractivity contribution in [3.8, 4) is 0 Å². The van der Waals surface area contributed by atoms with Crippen molar-refractivity contribution in [2.45, 2.75) is 264 Å². The van der Waals surface area contributed by atoms with Gasteiger partial charge in [-0.15, -0.1) is 0 Å². The van der Waals surface area contributed by atoms with E-state index >= 15 is 0 Å². The first-order valence-electron chi connectivity index (χ1n) is 31.5. The summed E-state index contributed by atoms with van der Waals surface area (Å²) in [6.45, 7) is 6.32. The molecule has 0 aliphatic rings. The first-order valence-corrected chi connectivity index (χ1v) is 31.5. The summed E-state index contributed by atoms with van der Waals surface area (Å²) in [6.07, 6.45) is 94.0. The number of allylic oxidation sites excluding steroid dienone is 26. The van der Waals surface area contributed by atoms with Crippen LogP contribution in [0, 0.1) is 0 Å². The molecule has 0 amide bonds. The van der Waals surface area contributed by atoms with Crippen LogP contribution in [0.5, 0.6) is 0 Å². The van der Waals surface area contributed by atoms with E-state index in [2.05, 4.69) is 167 Å². The molecule has 1 atom stereocenters. The lowest BCUT2D eigenvalue weighted by Crippen LogP contribution is -2.30. The van der Waals surface area contributed by atoms with E-state index in [0.717, 1.165) is 135 Å². The van der Waals surface area contributed by atoms with Gasteiger partial charge in [0.2, 0.25) is 0 Å². The molecule has 0 aromatic heterocycles. The Bertz CT molecular complexity index is 1760. The normalized spacial score (nSPS) is 13.2. The average Bonchev–Trinajstić information content (AvgIpc) is 3.44. The number of esters is 3. The van der Waals surface area contributed by atoms with Gasteiger partial charge in [0.05, 0.1) is 0 Å². The summed E-state index contributed by atoms with van der Waals surface area (Å²) in [7, 11) is 0. The van der Waals surface area contributed by atoms with Crippen LogP contribution in [0.25, 0.3) is 0 Å². The lowest BCUT2D eigenvalue weighted by molar-refractivity contribution is -0.166. The smallest absolute Gasteiger partial charge is 0.306 e. The van der Waals surface area contributed by atoms with Crippen molar-refractivity contribution in [1.82, 2.24) is 0 Å². The first kappa shape index (κ1) is 73.0. The van der Waals surface area contributed by atoms with Gasteiger partial charge in [-0.3, -0.25) is 14.4 Å². The first-order chi connectivity index (χ1) is 38.5. The fourth-order valence-corrected chi connectivity index (χ4v) is 8.11. The second-order valence-corrected chi connectivity index (χ2v) is 20.2. The molecule has 0 fully saturated rings. The van der Waals surface area contributed by atoms with Crippen LogP contribution in [-0.4, -0.2) is 37.2 Å². The molecule has 6 heteroatoms. The highest BCUT2D eigenvalue weighted by Gasteiger charge is 2.19. The SMILES string of the molecule is CC/C=C\C/C=C\C/C=C\C/C=C\C/C=C\C/C=C\CCCCCCCCCCC(=O)OCC(COC(=O)CCCCCCC/C=C\CCCCCCC)OC(=O)CC/C=C\C/C=C\C/C=C\C/C=C\C/C=C\C/C=C\CC. The number of hydrogen-bond acceptors (Lipinski definition) is 6. The predicted octanol–water partition coefficient (Wildman–Crippen LogP) is 21.7. The third-order valence-electron chi connectivity index (χ3n) is 12.8. The fraction of sp³-hybridized carbons (Fsp3) is 0.597. The van der Waals surface area contributed by atoms with Crippen LogP contribution in [0.15, 0.2) is 158 Å². The zero-order chi connectivity index (χ0) is 56.4. The zero-order valence-corrected chi connectivity index (χ0v) is 50.1. The maximum Gasteiger partial charge on any atom is 0.306 e. The van der Waals surface area contributed by atoms with Crippen molar-refractivity contribution >= 4 is 17.9 Å². The van der Waals surface area contributed by atoms with Crippen LogP contribution in [-0.2, 0) is 28.6 Å². The third kappa shape index (κ3) is 61.9.